The van der Waals surface area contributed by atoms with Crippen molar-refractivity contribution in [2.75, 3.05) is 6.54 Å². The zero-order valence-electron chi connectivity index (χ0n) is 13.2. The van der Waals surface area contributed by atoms with Crippen molar-refractivity contribution in [3.63, 3.8) is 0 Å². The lowest BCUT2D eigenvalue weighted by molar-refractivity contribution is -0.123. The molecule has 0 aliphatic carbocycles. The number of benzene rings is 1. The van der Waals surface area contributed by atoms with Crippen molar-refractivity contribution >= 4 is 57.5 Å². The van der Waals surface area contributed by atoms with E-state index in [4.69, 9.17) is 18.0 Å². The second-order valence-corrected chi connectivity index (χ2v) is 8.03. The molecule has 134 valence electrons. The fourth-order valence-corrected chi connectivity index (χ4v) is 4.52. The highest BCUT2D eigenvalue weighted by Gasteiger charge is 2.32. The van der Waals surface area contributed by atoms with Crippen LogP contribution in [0.15, 0.2) is 34.6 Å². The van der Waals surface area contributed by atoms with Crippen LogP contribution in [0.5, 0.6) is 0 Å². The molecule has 2 aromatic rings. The second kappa shape index (κ2) is 7.65. The van der Waals surface area contributed by atoms with Crippen molar-refractivity contribution in [1.29, 1.82) is 0 Å². The third kappa shape index (κ3) is 4.00. The van der Waals surface area contributed by atoms with Gasteiger partial charge in [-0.3, -0.25) is 14.5 Å². The Labute approximate surface area is 161 Å². The van der Waals surface area contributed by atoms with E-state index >= 15 is 0 Å². The molecule has 1 aromatic carbocycles. The molecule has 0 spiro atoms. The molecule has 9 heteroatoms. The summed E-state index contributed by atoms with van der Waals surface area (Å²) in [6.07, 6.45) is 1.73. The number of amides is 2. The van der Waals surface area contributed by atoms with Gasteiger partial charge in [0, 0.05) is 17.8 Å². The van der Waals surface area contributed by atoms with Gasteiger partial charge < -0.3 is 5.73 Å². The number of hydrogen-bond acceptors (Lipinski definition) is 5. The van der Waals surface area contributed by atoms with E-state index in [1.165, 1.54) is 22.3 Å². The Kier molecular flexibility index (Phi) is 5.49. The molecule has 4 nitrogen and oxygen atoms in total. The van der Waals surface area contributed by atoms with E-state index in [1.54, 1.807) is 17.5 Å². The number of primary amides is 1. The van der Waals surface area contributed by atoms with E-state index in [2.05, 4.69) is 0 Å². The highest BCUT2D eigenvalue weighted by atomic mass is 32.2. The number of nitrogens with zero attached hydrogens (tertiary/aromatic N) is 1. The number of halogens is 2. The standard InChI is InChI=1S/C17H12F2N2O2S3/c18-12-2-1-9(6-13(12)19)10-5-11(25-8-10)7-14-16(23)21(17(24)26-14)4-3-15(20)22/h1-2,5-8H,3-4H2,(H2,20,22)/b14-7-. The largest absolute Gasteiger partial charge is 0.370 e. The van der Waals surface area contributed by atoms with Crippen LogP contribution in [0.25, 0.3) is 17.2 Å². The van der Waals surface area contributed by atoms with Crippen molar-refractivity contribution in [3.8, 4) is 11.1 Å². The minimum Gasteiger partial charge on any atom is -0.370 e. The predicted molar refractivity (Wildman–Crippen MR) is 103 cm³/mol. The van der Waals surface area contributed by atoms with E-state index in [1.807, 2.05) is 0 Å². The zero-order chi connectivity index (χ0) is 18.8. The van der Waals surface area contributed by atoms with Crippen LogP contribution in [0, 0.1) is 11.6 Å². The van der Waals surface area contributed by atoms with Crippen molar-refractivity contribution < 1.29 is 18.4 Å². The molecule has 2 heterocycles. The molecule has 26 heavy (non-hydrogen) atoms. The summed E-state index contributed by atoms with van der Waals surface area (Å²) in [4.78, 5) is 25.9. The third-order valence-electron chi connectivity index (χ3n) is 3.60. The van der Waals surface area contributed by atoms with Crippen molar-refractivity contribution in [2.45, 2.75) is 6.42 Å². The first-order valence-electron chi connectivity index (χ1n) is 7.43. The number of thioether (sulfide) groups is 1. The van der Waals surface area contributed by atoms with Crippen LogP contribution in [0.4, 0.5) is 8.78 Å². The lowest BCUT2D eigenvalue weighted by Crippen LogP contribution is -2.31. The van der Waals surface area contributed by atoms with E-state index in [0.29, 0.717) is 14.8 Å². The molecule has 0 saturated carbocycles. The SMILES string of the molecule is NC(=O)CCN1C(=O)/C(=C/c2cc(-c3ccc(F)c(F)c3)cs2)SC1=S. The summed E-state index contributed by atoms with van der Waals surface area (Å²) in [5.74, 6) is -2.59. The van der Waals surface area contributed by atoms with Crippen LogP contribution in [0.2, 0.25) is 0 Å². The summed E-state index contributed by atoms with van der Waals surface area (Å²) in [6.45, 7) is 0.155. The van der Waals surface area contributed by atoms with Gasteiger partial charge in [-0.2, -0.15) is 0 Å². The van der Waals surface area contributed by atoms with Crippen LogP contribution < -0.4 is 5.73 Å². The maximum absolute atomic E-state index is 13.4. The van der Waals surface area contributed by atoms with E-state index in [0.717, 1.165) is 34.3 Å². The predicted octanol–water partition coefficient (Wildman–Crippen LogP) is 3.77. The molecule has 0 bridgehead atoms. The summed E-state index contributed by atoms with van der Waals surface area (Å²) in [7, 11) is 0. The van der Waals surface area contributed by atoms with Gasteiger partial charge in [-0.05, 0) is 40.8 Å². The lowest BCUT2D eigenvalue weighted by atomic mass is 10.1. The number of nitrogens with two attached hydrogens (primary N) is 1. The molecule has 1 saturated heterocycles. The Morgan fingerprint density at radius 1 is 1.23 bits per heavy atom. The molecule has 0 atom stereocenters. The highest BCUT2D eigenvalue weighted by Crippen LogP contribution is 2.35. The molecule has 0 radical (unpaired) electrons. The lowest BCUT2D eigenvalue weighted by Gasteiger charge is -2.12. The Morgan fingerprint density at radius 2 is 2.00 bits per heavy atom. The molecule has 3 rings (SSSR count). The van der Waals surface area contributed by atoms with Gasteiger partial charge in [0.05, 0.1) is 4.91 Å². The van der Waals surface area contributed by atoms with E-state index in [9.17, 15) is 18.4 Å². The Bertz CT molecular complexity index is 940. The minimum absolute atomic E-state index is 0.0407. The Hall–Kier alpha value is -2.10. The summed E-state index contributed by atoms with van der Waals surface area (Å²) in [5.41, 5.74) is 6.38. The summed E-state index contributed by atoms with van der Waals surface area (Å²) in [6, 6.07) is 5.48. The third-order valence-corrected chi connectivity index (χ3v) is 5.86. The van der Waals surface area contributed by atoms with Crippen molar-refractivity contribution in [2.24, 2.45) is 5.73 Å². The molecule has 1 aromatic heterocycles. The van der Waals surface area contributed by atoms with Gasteiger partial charge in [-0.1, -0.05) is 30.0 Å². The maximum Gasteiger partial charge on any atom is 0.266 e. The van der Waals surface area contributed by atoms with Crippen molar-refractivity contribution in [1.82, 2.24) is 4.90 Å². The highest BCUT2D eigenvalue weighted by molar-refractivity contribution is 8.26. The van der Waals surface area contributed by atoms with E-state index in [-0.39, 0.29) is 18.9 Å². The average Bonchev–Trinajstić information content (AvgIpc) is 3.14. The van der Waals surface area contributed by atoms with Gasteiger partial charge in [0.1, 0.15) is 4.32 Å². The average molecular weight is 410 g/mol. The van der Waals surface area contributed by atoms with Gasteiger partial charge in [-0.25, -0.2) is 8.78 Å². The zero-order valence-corrected chi connectivity index (χ0v) is 15.6. The van der Waals surface area contributed by atoms with Crippen LogP contribution in [-0.4, -0.2) is 27.6 Å². The number of hydrogen-bond donors (Lipinski definition) is 1. The fraction of sp³-hybridized carbons (Fsp3) is 0.118. The number of rotatable bonds is 5. The molecule has 1 fully saturated rings. The maximum atomic E-state index is 13.4. The number of carbonyl (C=O) groups is 2. The molecule has 0 unspecified atom stereocenters. The number of thiophene rings is 1. The fourth-order valence-electron chi connectivity index (χ4n) is 2.30. The molecule has 2 N–H and O–H groups in total. The summed E-state index contributed by atoms with van der Waals surface area (Å²) < 4.78 is 26.8. The summed E-state index contributed by atoms with van der Waals surface area (Å²) >= 11 is 7.69. The van der Waals surface area contributed by atoms with Crippen LogP contribution >= 0.6 is 35.3 Å². The number of carbonyl (C=O) groups excluding carboxylic acids is 2. The second-order valence-electron chi connectivity index (χ2n) is 5.42. The first-order chi connectivity index (χ1) is 12.3. The topological polar surface area (TPSA) is 63.4 Å². The van der Waals surface area contributed by atoms with Gasteiger partial charge >= 0.3 is 0 Å². The van der Waals surface area contributed by atoms with Gasteiger partial charge in [0.25, 0.3) is 5.91 Å². The minimum atomic E-state index is -0.912. The quantitative estimate of drug-likeness (QED) is 0.602. The molecule has 1 aliphatic heterocycles. The molecule has 2 amide bonds. The first kappa shape index (κ1) is 18.7. The monoisotopic (exact) mass is 410 g/mol. The van der Waals surface area contributed by atoms with Crippen LogP contribution in [-0.2, 0) is 9.59 Å². The Morgan fingerprint density at radius 3 is 2.69 bits per heavy atom. The number of thiocarbonyl (C=S) groups is 1. The Balaban J connectivity index is 1.79. The molecular formula is C17H12F2N2O2S3. The van der Waals surface area contributed by atoms with Crippen LogP contribution in [0.3, 0.4) is 0 Å². The van der Waals surface area contributed by atoms with E-state index < -0.39 is 17.5 Å². The van der Waals surface area contributed by atoms with Gasteiger partial charge in [0.2, 0.25) is 5.91 Å². The first-order valence-corrected chi connectivity index (χ1v) is 9.53. The van der Waals surface area contributed by atoms with Crippen molar-refractivity contribution in [3.05, 3.63) is 51.1 Å². The van der Waals surface area contributed by atoms with Gasteiger partial charge in [-0.15, -0.1) is 11.3 Å². The van der Waals surface area contributed by atoms with Crippen LogP contribution in [0.1, 0.15) is 11.3 Å². The summed E-state index contributed by atoms with van der Waals surface area (Å²) in [5, 5.41) is 1.80. The molecular weight excluding hydrogens is 398 g/mol. The van der Waals surface area contributed by atoms with Gasteiger partial charge in [0.15, 0.2) is 11.6 Å². The normalized spacial score (nSPS) is 15.9. The smallest absolute Gasteiger partial charge is 0.266 e. The molecule has 1 aliphatic rings.